The molecule has 2 N–H and O–H groups in total. The molecule has 0 aromatic heterocycles. The van der Waals surface area contributed by atoms with Crippen LogP contribution < -0.4 is 4.72 Å². The van der Waals surface area contributed by atoms with Crippen molar-refractivity contribution in [1.82, 2.24) is 4.72 Å². The predicted octanol–water partition coefficient (Wildman–Crippen LogP) is 1.20. The van der Waals surface area contributed by atoms with Crippen LogP contribution in [-0.2, 0) is 14.8 Å². The van der Waals surface area contributed by atoms with Gasteiger partial charge in [-0.25, -0.2) is 13.1 Å². The molecule has 1 saturated carbocycles. The third kappa shape index (κ3) is 3.42. The number of nitrogens with one attached hydrogen (secondary N) is 1. The molecule has 0 aromatic carbocycles. The molecule has 100 valence electrons. The molecule has 5 nitrogen and oxygen atoms in total. The highest BCUT2D eigenvalue weighted by Gasteiger charge is 2.34. The standard InChI is InChI=1S/C11H21NO4S/c1-7-5-4-6-10(8(7)2)12-17(15,16)9(3)11(13)14/h7-10,12H,4-6H2,1-3H3,(H,13,14). The quantitative estimate of drug-likeness (QED) is 0.798. The second-order valence-electron chi connectivity index (χ2n) is 5.02. The second-order valence-corrected chi connectivity index (χ2v) is 7.05. The molecule has 17 heavy (non-hydrogen) atoms. The zero-order valence-electron chi connectivity index (χ0n) is 10.5. The van der Waals surface area contributed by atoms with Crippen molar-refractivity contribution in [2.75, 3.05) is 0 Å². The Bertz CT molecular complexity index is 379. The van der Waals surface area contributed by atoms with Crippen LogP contribution >= 0.6 is 0 Å². The molecular formula is C11H21NO4S. The van der Waals surface area contributed by atoms with Gasteiger partial charge in [0.1, 0.15) is 0 Å². The van der Waals surface area contributed by atoms with E-state index in [9.17, 15) is 13.2 Å². The van der Waals surface area contributed by atoms with E-state index < -0.39 is 21.2 Å². The summed E-state index contributed by atoms with van der Waals surface area (Å²) in [6, 6.07) is -0.134. The maximum absolute atomic E-state index is 11.8. The van der Waals surface area contributed by atoms with Crippen LogP contribution in [0.2, 0.25) is 0 Å². The maximum atomic E-state index is 11.8. The minimum atomic E-state index is -3.77. The van der Waals surface area contributed by atoms with Crippen molar-refractivity contribution in [2.45, 2.75) is 51.3 Å². The summed E-state index contributed by atoms with van der Waals surface area (Å²) in [5.74, 6) is -0.592. The minimum absolute atomic E-state index is 0.134. The van der Waals surface area contributed by atoms with Crippen LogP contribution in [-0.4, -0.2) is 30.8 Å². The molecule has 0 spiro atoms. The zero-order chi connectivity index (χ0) is 13.2. The Morgan fingerprint density at radius 3 is 2.47 bits per heavy atom. The van der Waals surface area contributed by atoms with Gasteiger partial charge in [-0.15, -0.1) is 0 Å². The van der Waals surface area contributed by atoms with Gasteiger partial charge >= 0.3 is 5.97 Å². The fraction of sp³-hybridized carbons (Fsp3) is 0.909. The Kier molecular flexibility index (Phi) is 4.55. The van der Waals surface area contributed by atoms with Gasteiger partial charge in [0.2, 0.25) is 10.0 Å². The molecule has 0 aliphatic heterocycles. The number of sulfonamides is 1. The van der Waals surface area contributed by atoms with Gasteiger partial charge in [-0.1, -0.05) is 26.7 Å². The van der Waals surface area contributed by atoms with Crippen molar-refractivity contribution < 1.29 is 18.3 Å². The molecule has 0 bridgehead atoms. The lowest BCUT2D eigenvalue weighted by atomic mass is 9.78. The fourth-order valence-corrected chi connectivity index (χ4v) is 3.42. The molecule has 0 aromatic rings. The van der Waals surface area contributed by atoms with Gasteiger partial charge in [-0.05, 0) is 25.2 Å². The van der Waals surface area contributed by atoms with Gasteiger partial charge in [0, 0.05) is 6.04 Å². The first-order chi connectivity index (χ1) is 7.75. The first-order valence-electron chi connectivity index (χ1n) is 5.99. The highest BCUT2D eigenvalue weighted by molar-refractivity contribution is 7.90. The van der Waals surface area contributed by atoms with Gasteiger partial charge in [0.25, 0.3) is 0 Å². The topological polar surface area (TPSA) is 83.5 Å². The summed E-state index contributed by atoms with van der Waals surface area (Å²) in [4.78, 5) is 10.7. The summed E-state index contributed by atoms with van der Waals surface area (Å²) < 4.78 is 26.1. The van der Waals surface area contributed by atoms with Crippen molar-refractivity contribution >= 4 is 16.0 Å². The Morgan fingerprint density at radius 1 is 1.35 bits per heavy atom. The third-order valence-electron chi connectivity index (χ3n) is 3.84. The molecule has 0 radical (unpaired) electrons. The molecule has 0 amide bonds. The van der Waals surface area contributed by atoms with E-state index in [1.165, 1.54) is 6.92 Å². The molecule has 6 heteroatoms. The molecule has 1 fully saturated rings. The van der Waals surface area contributed by atoms with E-state index in [0.717, 1.165) is 19.3 Å². The van der Waals surface area contributed by atoms with Crippen molar-refractivity contribution in [3.63, 3.8) is 0 Å². The Labute approximate surface area is 103 Å². The van der Waals surface area contributed by atoms with Crippen molar-refractivity contribution in [3.05, 3.63) is 0 Å². The van der Waals surface area contributed by atoms with Gasteiger partial charge in [-0.2, -0.15) is 0 Å². The van der Waals surface area contributed by atoms with Gasteiger partial charge in [-0.3, -0.25) is 4.79 Å². The number of rotatable bonds is 4. The number of carboxylic acids is 1. The number of hydrogen-bond donors (Lipinski definition) is 2. The summed E-state index contributed by atoms with van der Waals surface area (Å²) in [7, 11) is -3.77. The van der Waals surface area contributed by atoms with E-state index in [1.807, 2.05) is 6.92 Å². The van der Waals surface area contributed by atoms with Crippen LogP contribution in [0.1, 0.15) is 40.0 Å². The van der Waals surface area contributed by atoms with E-state index in [4.69, 9.17) is 5.11 Å². The highest BCUT2D eigenvalue weighted by Crippen LogP contribution is 2.30. The first-order valence-corrected chi connectivity index (χ1v) is 7.54. The molecule has 1 rings (SSSR count). The third-order valence-corrected chi connectivity index (χ3v) is 5.60. The van der Waals surface area contributed by atoms with E-state index in [2.05, 4.69) is 11.6 Å². The van der Waals surface area contributed by atoms with Crippen LogP contribution in [0.15, 0.2) is 0 Å². The fourth-order valence-electron chi connectivity index (χ4n) is 2.19. The molecule has 0 saturated heterocycles. The molecule has 4 atom stereocenters. The SMILES string of the molecule is CC1CCCC(NS(=O)(=O)C(C)C(=O)O)C1C. The van der Waals surface area contributed by atoms with Crippen molar-refractivity contribution in [1.29, 1.82) is 0 Å². The Hall–Kier alpha value is -0.620. The van der Waals surface area contributed by atoms with E-state index >= 15 is 0 Å². The predicted molar refractivity (Wildman–Crippen MR) is 65.1 cm³/mol. The summed E-state index contributed by atoms with van der Waals surface area (Å²) in [5, 5.41) is 7.35. The first kappa shape index (κ1) is 14.4. The number of hydrogen-bond acceptors (Lipinski definition) is 3. The van der Waals surface area contributed by atoms with E-state index in [1.54, 1.807) is 0 Å². The van der Waals surface area contributed by atoms with Crippen LogP contribution in [0.3, 0.4) is 0 Å². The molecule has 4 unspecified atom stereocenters. The smallest absolute Gasteiger partial charge is 0.323 e. The van der Waals surface area contributed by atoms with E-state index in [-0.39, 0.29) is 12.0 Å². The van der Waals surface area contributed by atoms with Crippen molar-refractivity contribution in [2.24, 2.45) is 11.8 Å². The zero-order valence-corrected chi connectivity index (χ0v) is 11.3. The lowest BCUT2D eigenvalue weighted by molar-refractivity contribution is -0.136. The summed E-state index contributed by atoms with van der Waals surface area (Å²) in [5.41, 5.74) is 0. The Balaban J connectivity index is 2.73. The Morgan fingerprint density at radius 2 is 1.94 bits per heavy atom. The van der Waals surface area contributed by atoms with Gasteiger partial charge in [0.05, 0.1) is 0 Å². The number of carboxylic acid groups (broad SMARTS) is 1. The van der Waals surface area contributed by atoms with Crippen LogP contribution in [0, 0.1) is 11.8 Å². The monoisotopic (exact) mass is 263 g/mol. The lowest BCUT2D eigenvalue weighted by Crippen LogP contribution is -2.48. The van der Waals surface area contributed by atoms with Gasteiger partial charge in [0.15, 0.2) is 5.25 Å². The molecular weight excluding hydrogens is 242 g/mol. The average molecular weight is 263 g/mol. The molecule has 0 heterocycles. The minimum Gasteiger partial charge on any atom is -0.480 e. The average Bonchev–Trinajstić information content (AvgIpc) is 2.23. The highest BCUT2D eigenvalue weighted by atomic mass is 32.2. The van der Waals surface area contributed by atoms with Gasteiger partial charge < -0.3 is 5.11 Å². The molecule has 1 aliphatic rings. The van der Waals surface area contributed by atoms with Crippen LogP contribution in [0.25, 0.3) is 0 Å². The largest absolute Gasteiger partial charge is 0.480 e. The van der Waals surface area contributed by atoms with E-state index in [0.29, 0.717) is 5.92 Å². The number of carbonyl (C=O) groups is 1. The normalized spacial score (nSPS) is 32.1. The summed E-state index contributed by atoms with van der Waals surface area (Å²) in [6.07, 6.45) is 2.88. The second kappa shape index (κ2) is 5.35. The molecule has 1 aliphatic carbocycles. The number of aliphatic carboxylic acids is 1. The lowest BCUT2D eigenvalue weighted by Gasteiger charge is -2.34. The van der Waals surface area contributed by atoms with Crippen molar-refractivity contribution in [3.8, 4) is 0 Å². The maximum Gasteiger partial charge on any atom is 0.323 e. The summed E-state index contributed by atoms with van der Waals surface area (Å²) >= 11 is 0. The summed E-state index contributed by atoms with van der Waals surface area (Å²) in [6.45, 7) is 5.32. The van der Waals surface area contributed by atoms with Crippen LogP contribution in [0.4, 0.5) is 0 Å². The van der Waals surface area contributed by atoms with Crippen LogP contribution in [0.5, 0.6) is 0 Å².